The Morgan fingerprint density at radius 1 is 1.26 bits per heavy atom. The maximum Gasteiger partial charge on any atom is 0.307 e. The lowest BCUT2D eigenvalue weighted by Crippen LogP contribution is -2.00. The number of hydrogen-bond donors (Lipinski definition) is 2. The van der Waals surface area contributed by atoms with Gasteiger partial charge in [-0.2, -0.15) is 0 Å². The van der Waals surface area contributed by atoms with Crippen LogP contribution in [0, 0.1) is 6.92 Å². The van der Waals surface area contributed by atoms with Crippen LogP contribution in [0.25, 0.3) is 21.5 Å². The molecular formula is C15H13NO2S. The number of hydrogen-bond acceptors (Lipinski definition) is 2. The van der Waals surface area contributed by atoms with Crippen molar-refractivity contribution in [2.45, 2.75) is 13.3 Å². The molecule has 0 saturated heterocycles. The van der Waals surface area contributed by atoms with E-state index in [1.54, 1.807) is 11.3 Å². The van der Waals surface area contributed by atoms with E-state index in [-0.39, 0.29) is 6.42 Å². The van der Waals surface area contributed by atoms with Crippen molar-refractivity contribution in [3.63, 3.8) is 0 Å². The highest BCUT2D eigenvalue weighted by Gasteiger charge is 2.16. The van der Waals surface area contributed by atoms with E-state index >= 15 is 0 Å². The molecule has 0 aliphatic rings. The summed E-state index contributed by atoms with van der Waals surface area (Å²) in [7, 11) is 0. The number of fused-ring (bicyclic) bond motifs is 1. The van der Waals surface area contributed by atoms with Crippen molar-refractivity contribution in [3.8, 4) is 10.6 Å². The molecule has 2 heterocycles. The van der Waals surface area contributed by atoms with Gasteiger partial charge in [0.15, 0.2) is 0 Å². The number of aliphatic carboxylic acids is 1. The van der Waals surface area contributed by atoms with E-state index in [0.717, 1.165) is 27.0 Å². The van der Waals surface area contributed by atoms with Crippen LogP contribution in [0.15, 0.2) is 36.4 Å². The van der Waals surface area contributed by atoms with Gasteiger partial charge in [-0.25, -0.2) is 0 Å². The normalized spacial score (nSPS) is 11.0. The van der Waals surface area contributed by atoms with E-state index in [4.69, 9.17) is 5.11 Å². The quantitative estimate of drug-likeness (QED) is 0.760. The van der Waals surface area contributed by atoms with Crippen molar-refractivity contribution < 1.29 is 9.90 Å². The molecule has 0 unspecified atom stereocenters. The summed E-state index contributed by atoms with van der Waals surface area (Å²) in [4.78, 5) is 16.7. The summed E-state index contributed by atoms with van der Waals surface area (Å²) in [5, 5.41) is 10.1. The number of para-hydroxylation sites is 1. The van der Waals surface area contributed by atoms with Gasteiger partial charge in [0.2, 0.25) is 0 Å². The van der Waals surface area contributed by atoms with Crippen LogP contribution in [0.4, 0.5) is 0 Å². The smallest absolute Gasteiger partial charge is 0.307 e. The number of benzene rings is 1. The zero-order valence-electron chi connectivity index (χ0n) is 10.4. The number of carboxylic acid groups (broad SMARTS) is 1. The lowest BCUT2D eigenvalue weighted by atomic mass is 10.1. The Kier molecular flexibility index (Phi) is 2.87. The number of aromatic amines is 1. The minimum absolute atomic E-state index is 0.0380. The Bertz CT molecular complexity index is 754. The van der Waals surface area contributed by atoms with Gasteiger partial charge in [0.1, 0.15) is 0 Å². The molecule has 19 heavy (non-hydrogen) atoms. The van der Waals surface area contributed by atoms with Crippen LogP contribution in [0.5, 0.6) is 0 Å². The van der Waals surface area contributed by atoms with Crippen LogP contribution in [0.2, 0.25) is 0 Å². The van der Waals surface area contributed by atoms with Crippen LogP contribution < -0.4 is 0 Å². The van der Waals surface area contributed by atoms with E-state index in [1.807, 2.05) is 37.3 Å². The fraction of sp³-hybridized carbons (Fsp3) is 0.133. The van der Waals surface area contributed by atoms with Gasteiger partial charge >= 0.3 is 5.97 Å². The third-order valence-corrected chi connectivity index (χ3v) is 4.15. The summed E-state index contributed by atoms with van der Waals surface area (Å²) in [5.74, 6) is -0.806. The van der Waals surface area contributed by atoms with Gasteiger partial charge in [-0.3, -0.25) is 4.79 Å². The molecule has 0 radical (unpaired) electrons. The lowest BCUT2D eigenvalue weighted by Gasteiger charge is -1.99. The first kappa shape index (κ1) is 12.0. The molecule has 3 nitrogen and oxygen atoms in total. The molecule has 0 atom stereocenters. The number of rotatable bonds is 3. The topological polar surface area (TPSA) is 53.1 Å². The minimum atomic E-state index is -0.806. The van der Waals surface area contributed by atoms with Gasteiger partial charge < -0.3 is 10.1 Å². The second-order valence-corrected chi connectivity index (χ2v) is 5.79. The van der Waals surface area contributed by atoms with Crippen molar-refractivity contribution >= 4 is 28.2 Å². The highest BCUT2D eigenvalue weighted by Crippen LogP contribution is 2.34. The monoisotopic (exact) mass is 271 g/mol. The second kappa shape index (κ2) is 4.55. The largest absolute Gasteiger partial charge is 0.481 e. The van der Waals surface area contributed by atoms with Gasteiger partial charge in [-0.05, 0) is 30.7 Å². The summed E-state index contributed by atoms with van der Waals surface area (Å²) in [6.45, 7) is 2.05. The molecule has 0 amide bonds. The van der Waals surface area contributed by atoms with Crippen LogP contribution in [-0.2, 0) is 11.2 Å². The van der Waals surface area contributed by atoms with Crippen LogP contribution in [0.3, 0.4) is 0 Å². The molecule has 96 valence electrons. The molecule has 3 rings (SSSR count). The van der Waals surface area contributed by atoms with Gasteiger partial charge in [0, 0.05) is 15.8 Å². The molecule has 0 spiro atoms. The van der Waals surface area contributed by atoms with Gasteiger partial charge in [-0.1, -0.05) is 18.2 Å². The maximum atomic E-state index is 11.1. The van der Waals surface area contributed by atoms with Crippen molar-refractivity contribution in [2.24, 2.45) is 0 Å². The summed E-state index contributed by atoms with van der Waals surface area (Å²) in [5.41, 5.74) is 2.78. The molecule has 2 aromatic heterocycles. The van der Waals surface area contributed by atoms with E-state index in [2.05, 4.69) is 11.1 Å². The fourth-order valence-corrected chi connectivity index (χ4v) is 3.21. The standard InChI is InChI=1S/C15H13NO2S/c1-9-6-7-13(19-9)15-11(8-14(17)18)10-4-2-3-5-12(10)16-15/h2-7,16H,8H2,1H3,(H,17,18). The Balaban J connectivity index is 2.25. The van der Waals surface area contributed by atoms with Crippen molar-refractivity contribution in [1.29, 1.82) is 0 Å². The summed E-state index contributed by atoms with van der Waals surface area (Å²) >= 11 is 1.67. The molecule has 0 saturated carbocycles. The number of aryl methyl sites for hydroxylation is 1. The highest BCUT2D eigenvalue weighted by atomic mass is 32.1. The van der Waals surface area contributed by atoms with Crippen LogP contribution >= 0.6 is 11.3 Å². The fourth-order valence-electron chi connectivity index (χ4n) is 2.31. The second-order valence-electron chi connectivity index (χ2n) is 4.50. The summed E-state index contributed by atoms with van der Waals surface area (Å²) in [6, 6.07) is 11.9. The molecule has 3 aromatic rings. The molecule has 0 aliphatic carbocycles. The first-order valence-corrected chi connectivity index (χ1v) is 6.85. The Hall–Kier alpha value is -2.07. The lowest BCUT2D eigenvalue weighted by molar-refractivity contribution is -0.136. The van der Waals surface area contributed by atoms with E-state index in [9.17, 15) is 4.79 Å². The average Bonchev–Trinajstić information content (AvgIpc) is 2.94. The van der Waals surface area contributed by atoms with Gasteiger partial charge in [0.25, 0.3) is 0 Å². The van der Waals surface area contributed by atoms with E-state index < -0.39 is 5.97 Å². The SMILES string of the molecule is Cc1ccc(-c2[nH]c3ccccc3c2CC(=O)O)s1. The predicted octanol–water partition coefficient (Wildman–Crippen LogP) is 3.83. The van der Waals surface area contributed by atoms with E-state index in [0.29, 0.717) is 0 Å². The molecular weight excluding hydrogens is 258 g/mol. The number of carboxylic acids is 1. The molecule has 2 N–H and O–H groups in total. The number of aromatic nitrogens is 1. The summed E-state index contributed by atoms with van der Waals surface area (Å²) in [6.07, 6.45) is 0.0380. The minimum Gasteiger partial charge on any atom is -0.481 e. The first-order valence-electron chi connectivity index (χ1n) is 6.03. The molecule has 4 heteroatoms. The zero-order valence-corrected chi connectivity index (χ0v) is 11.3. The van der Waals surface area contributed by atoms with Crippen molar-refractivity contribution in [2.75, 3.05) is 0 Å². The van der Waals surface area contributed by atoms with Gasteiger partial charge in [-0.15, -0.1) is 11.3 Å². The number of thiophene rings is 1. The first-order chi connectivity index (χ1) is 9.15. The van der Waals surface area contributed by atoms with Crippen LogP contribution in [-0.4, -0.2) is 16.1 Å². The molecule has 0 aliphatic heterocycles. The third kappa shape index (κ3) is 2.15. The number of nitrogens with one attached hydrogen (secondary N) is 1. The van der Waals surface area contributed by atoms with Crippen molar-refractivity contribution in [1.82, 2.24) is 4.98 Å². The predicted molar refractivity (Wildman–Crippen MR) is 77.7 cm³/mol. The van der Waals surface area contributed by atoms with Crippen LogP contribution in [0.1, 0.15) is 10.4 Å². The molecule has 1 aromatic carbocycles. The van der Waals surface area contributed by atoms with Gasteiger partial charge in [0.05, 0.1) is 17.0 Å². The number of H-pyrrole nitrogens is 1. The highest BCUT2D eigenvalue weighted by molar-refractivity contribution is 7.15. The average molecular weight is 271 g/mol. The summed E-state index contributed by atoms with van der Waals surface area (Å²) < 4.78 is 0. The molecule has 0 fully saturated rings. The van der Waals surface area contributed by atoms with E-state index in [1.165, 1.54) is 4.88 Å². The van der Waals surface area contributed by atoms with Crippen molar-refractivity contribution in [3.05, 3.63) is 46.8 Å². The Morgan fingerprint density at radius 3 is 2.74 bits per heavy atom. The maximum absolute atomic E-state index is 11.1. The zero-order chi connectivity index (χ0) is 13.4. The number of carbonyl (C=O) groups is 1. The Morgan fingerprint density at radius 2 is 2.05 bits per heavy atom. The Labute approximate surface area is 114 Å². The molecule has 0 bridgehead atoms. The third-order valence-electron chi connectivity index (χ3n) is 3.13.